The number of aromatic nitrogens is 2. The molecule has 0 unspecified atom stereocenters. The van der Waals surface area contributed by atoms with Crippen LogP contribution in [0.25, 0.3) is 11.4 Å². The number of benzene rings is 1. The molecule has 1 aromatic heterocycles. The molecule has 1 aromatic carbocycles. The molecule has 7 heteroatoms. The maximum absolute atomic E-state index is 12.1. The van der Waals surface area contributed by atoms with Crippen molar-refractivity contribution in [3.63, 3.8) is 0 Å². The lowest BCUT2D eigenvalue weighted by molar-refractivity contribution is -0.120. The van der Waals surface area contributed by atoms with Crippen molar-refractivity contribution in [1.29, 1.82) is 0 Å². The van der Waals surface area contributed by atoms with E-state index in [1.54, 1.807) is 24.3 Å². The zero-order valence-electron chi connectivity index (χ0n) is 12.0. The maximum atomic E-state index is 12.1. The van der Waals surface area contributed by atoms with E-state index in [1.807, 2.05) is 0 Å². The van der Waals surface area contributed by atoms with Crippen molar-refractivity contribution in [2.45, 2.75) is 37.7 Å². The number of nitrogens with zero attached hydrogens (tertiary/aromatic N) is 1. The molecule has 22 heavy (non-hydrogen) atoms. The van der Waals surface area contributed by atoms with E-state index < -0.39 is 11.4 Å². The highest BCUT2D eigenvalue weighted by Crippen LogP contribution is 2.32. The molecule has 0 aliphatic heterocycles. The number of aromatic amines is 1. The lowest BCUT2D eigenvalue weighted by Crippen LogP contribution is -2.30. The second-order valence-corrected chi connectivity index (χ2v) is 5.68. The summed E-state index contributed by atoms with van der Waals surface area (Å²) in [5.41, 5.74) is 0.329. The lowest BCUT2D eigenvalue weighted by Gasteiger charge is -2.21. The zero-order valence-corrected chi connectivity index (χ0v) is 12.0. The third-order valence-electron chi connectivity index (χ3n) is 3.88. The Morgan fingerprint density at radius 2 is 2.18 bits per heavy atom. The Labute approximate surface area is 126 Å². The van der Waals surface area contributed by atoms with Gasteiger partial charge in [0.2, 0.25) is 5.91 Å². The van der Waals surface area contributed by atoms with Gasteiger partial charge in [-0.05, 0) is 25.0 Å². The van der Waals surface area contributed by atoms with Crippen LogP contribution in [0.3, 0.4) is 0 Å². The topological polar surface area (TPSA) is 108 Å². The molecule has 3 N–H and O–H groups in total. The molecule has 116 valence electrons. The molecule has 7 nitrogen and oxygen atoms in total. The van der Waals surface area contributed by atoms with Crippen molar-refractivity contribution in [2.75, 3.05) is 5.32 Å². The molecule has 1 saturated carbocycles. The number of carbonyl (C=O) groups is 1. The van der Waals surface area contributed by atoms with Gasteiger partial charge in [-0.2, -0.15) is 0 Å². The van der Waals surface area contributed by atoms with Gasteiger partial charge in [-0.25, -0.2) is 4.79 Å². The van der Waals surface area contributed by atoms with Gasteiger partial charge in [0, 0.05) is 11.3 Å². The van der Waals surface area contributed by atoms with E-state index in [4.69, 9.17) is 0 Å². The number of rotatable bonds is 4. The Morgan fingerprint density at radius 1 is 1.41 bits per heavy atom. The second-order valence-electron chi connectivity index (χ2n) is 5.68. The van der Waals surface area contributed by atoms with Crippen molar-refractivity contribution in [1.82, 2.24) is 10.1 Å². The summed E-state index contributed by atoms with van der Waals surface area (Å²) in [5, 5.41) is 16.6. The van der Waals surface area contributed by atoms with Gasteiger partial charge in [-0.1, -0.05) is 30.1 Å². The van der Waals surface area contributed by atoms with E-state index in [1.165, 1.54) is 0 Å². The summed E-state index contributed by atoms with van der Waals surface area (Å²) in [4.78, 5) is 25.5. The van der Waals surface area contributed by atoms with Crippen LogP contribution in [0.1, 0.15) is 32.1 Å². The average molecular weight is 303 g/mol. The summed E-state index contributed by atoms with van der Waals surface area (Å²) in [7, 11) is 0. The van der Waals surface area contributed by atoms with Gasteiger partial charge in [-0.3, -0.25) is 14.3 Å². The fourth-order valence-electron chi connectivity index (χ4n) is 2.81. The quantitative estimate of drug-likeness (QED) is 0.796. The van der Waals surface area contributed by atoms with Crippen LogP contribution in [0.5, 0.6) is 0 Å². The van der Waals surface area contributed by atoms with Crippen LogP contribution in [-0.2, 0) is 4.79 Å². The number of hydrogen-bond acceptors (Lipinski definition) is 5. The Kier molecular flexibility index (Phi) is 3.81. The van der Waals surface area contributed by atoms with Crippen LogP contribution >= 0.6 is 0 Å². The molecule has 0 atom stereocenters. The normalized spacial score (nSPS) is 16.6. The molecule has 0 radical (unpaired) electrons. The minimum Gasteiger partial charge on any atom is -0.389 e. The molecule has 1 fully saturated rings. The van der Waals surface area contributed by atoms with Gasteiger partial charge in [0.25, 0.3) is 0 Å². The molecule has 2 aromatic rings. The summed E-state index contributed by atoms with van der Waals surface area (Å²) < 4.78 is 4.46. The molecule has 1 amide bonds. The monoisotopic (exact) mass is 303 g/mol. The van der Waals surface area contributed by atoms with Crippen molar-refractivity contribution in [3.8, 4) is 11.4 Å². The third kappa shape index (κ3) is 3.25. The first-order valence-corrected chi connectivity index (χ1v) is 7.23. The van der Waals surface area contributed by atoms with Crippen molar-refractivity contribution < 1.29 is 14.4 Å². The molecule has 1 aliphatic carbocycles. The van der Waals surface area contributed by atoms with E-state index in [0.717, 1.165) is 12.8 Å². The van der Waals surface area contributed by atoms with Crippen LogP contribution in [-0.4, -0.2) is 26.8 Å². The fourth-order valence-corrected chi connectivity index (χ4v) is 2.81. The van der Waals surface area contributed by atoms with E-state index in [-0.39, 0.29) is 12.3 Å². The van der Waals surface area contributed by atoms with E-state index in [9.17, 15) is 14.7 Å². The first kappa shape index (κ1) is 14.5. The SMILES string of the molecule is O=C(CC1(O)CCCC1)Nc1cccc(-c2noc(=O)[nH]2)c1. The van der Waals surface area contributed by atoms with Crippen molar-refractivity contribution in [3.05, 3.63) is 34.8 Å². The molecular formula is C15H17N3O4. The van der Waals surface area contributed by atoms with Gasteiger partial charge in [0.1, 0.15) is 0 Å². The predicted octanol–water partition coefficient (Wildman–Crippen LogP) is 1.66. The van der Waals surface area contributed by atoms with Crippen LogP contribution < -0.4 is 11.1 Å². The first-order chi connectivity index (χ1) is 10.5. The average Bonchev–Trinajstić information content (AvgIpc) is 3.08. The van der Waals surface area contributed by atoms with Gasteiger partial charge in [0.15, 0.2) is 5.82 Å². The summed E-state index contributed by atoms with van der Waals surface area (Å²) >= 11 is 0. The highest BCUT2D eigenvalue weighted by Gasteiger charge is 2.33. The maximum Gasteiger partial charge on any atom is 0.439 e. The zero-order chi connectivity index (χ0) is 15.6. The number of carbonyl (C=O) groups excluding carboxylic acids is 1. The fraction of sp³-hybridized carbons (Fsp3) is 0.400. The molecule has 0 bridgehead atoms. The number of aliphatic hydroxyl groups is 1. The number of amides is 1. The second kappa shape index (κ2) is 5.76. The summed E-state index contributed by atoms with van der Waals surface area (Å²) in [5.74, 6) is -0.557. The number of hydrogen-bond donors (Lipinski definition) is 3. The summed E-state index contributed by atoms with van der Waals surface area (Å²) in [6, 6.07) is 6.90. The van der Waals surface area contributed by atoms with Crippen molar-refractivity contribution in [2.24, 2.45) is 0 Å². The van der Waals surface area contributed by atoms with Gasteiger partial charge in [0.05, 0.1) is 12.0 Å². The van der Waals surface area contributed by atoms with Crippen LogP contribution in [0.4, 0.5) is 5.69 Å². The molecule has 0 spiro atoms. The van der Waals surface area contributed by atoms with Crippen LogP contribution in [0, 0.1) is 0 Å². The van der Waals surface area contributed by atoms with Crippen LogP contribution in [0.15, 0.2) is 33.6 Å². The standard InChI is InChI=1S/C15H17N3O4/c19-12(9-15(21)6-1-2-7-15)16-11-5-3-4-10(8-11)13-17-14(20)22-18-13/h3-5,8,21H,1-2,6-7,9H2,(H,16,19)(H,17,18,20). The van der Waals surface area contributed by atoms with Gasteiger partial charge >= 0.3 is 5.76 Å². The molecule has 3 rings (SSSR count). The van der Waals surface area contributed by atoms with Gasteiger partial charge < -0.3 is 10.4 Å². The minimum absolute atomic E-state index is 0.0953. The van der Waals surface area contributed by atoms with Gasteiger partial charge in [-0.15, -0.1) is 0 Å². The molecule has 0 saturated heterocycles. The highest BCUT2D eigenvalue weighted by molar-refractivity contribution is 5.92. The van der Waals surface area contributed by atoms with E-state index in [0.29, 0.717) is 29.9 Å². The number of anilines is 1. The van der Waals surface area contributed by atoms with Crippen molar-refractivity contribution >= 4 is 11.6 Å². The Balaban J connectivity index is 1.70. The summed E-state index contributed by atoms with van der Waals surface area (Å²) in [6.07, 6.45) is 3.34. The third-order valence-corrected chi connectivity index (χ3v) is 3.88. The Hall–Kier alpha value is -2.41. The Bertz CT molecular complexity index is 728. The van der Waals surface area contributed by atoms with E-state index in [2.05, 4.69) is 20.0 Å². The van der Waals surface area contributed by atoms with Crippen LogP contribution in [0.2, 0.25) is 0 Å². The van der Waals surface area contributed by atoms with E-state index >= 15 is 0 Å². The smallest absolute Gasteiger partial charge is 0.389 e. The minimum atomic E-state index is -0.876. The molecule has 1 aliphatic rings. The summed E-state index contributed by atoms with van der Waals surface area (Å²) in [6.45, 7) is 0. The first-order valence-electron chi connectivity index (χ1n) is 7.23. The predicted molar refractivity (Wildman–Crippen MR) is 79.2 cm³/mol. The highest BCUT2D eigenvalue weighted by atomic mass is 16.5. The molecule has 1 heterocycles. The Morgan fingerprint density at radius 3 is 2.86 bits per heavy atom. The lowest BCUT2D eigenvalue weighted by atomic mass is 9.97. The largest absolute Gasteiger partial charge is 0.439 e. The number of H-pyrrole nitrogens is 1. The number of nitrogens with one attached hydrogen (secondary N) is 2. The molecular weight excluding hydrogens is 286 g/mol.